The summed E-state index contributed by atoms with van der Waals surface area (Å²) in [7, 11) is 1.65. The topological polar surface area (TPSA) is 37.1 Å². The Morgan fingerprint density at radius 3 is 2.36 bits per heavy atom. The molecule has 0 unspecified atom stereocenters. The van der Waals surface area contributed by atoms with Crippen molar-refractivity contribution in [3.05, 3.63) is 0 Å². The van der Waals surface area contributed by atoms with Crippen LogP contribution in [0.5, 0.6) is 0 Å². The summed E-state index contributed by atoms with van der Waals surface area (Å²) in [6, 6.07) is 0. The second-order valence-electron chi connectivity index (χ2n) is 3.61. The van der Waals surface area contributed by atoms with Gasteiger partial charge in [0.2, 0.25) is 0 Å². The van der Waals surface area contributed by atoms with Crippen molar-refractivity contribution in [3.8, 4) is 0 Å². The average molecular weight is 155 g/mol. The molecule has 3 heteroatoms. The van der Waals surface area contributed by atoms with E-state index in [2.05, 4.69) is 36.0 Å². The maximum Gasteiger partial charge on any atom is 0.149 e. The number of aliphatic imine (C=N–C) groups is 1. The van der Waals surface area contributed by atoms with E-state index < -0.39 is 0 Å². The summed E-state index contributed by atoms with van der Waals surface area (Å²) in [5.41, 5.74) is 0.326. The van der Waals surface area contributed by atoms with Crippen molar-refractivity contribution in [3.63, 3.8) is 0 Å². The van der Waals surface area contributed by atoms with Crippen LogP contribution >= 0.6 is 0 Å². The minimum atomic E-state index is 0.326. The Bertz CT molecular complexity index is 142. The van der Waals surface area contributed by atoms with E-state index in [9.17, 15) is 0 Å². The fraction of sp³-hybridized carbons (Fsp3) is 0.875. The molecule has 3 nitrogen and oxygen atoms in total. The largest absolute Gasteiger partial charge is 0.272 e. The summed E-state index contributed by atoms with van der Waals surface area (Å²) in [6.45, 7) is 7.01. The van der Waals surface area contributed by atoms with Crippen molar-refractivity contribution < 1.29 is 0 Å². The molecule has 0 spiro atoms. The van der Waals surface area contributed by atoms with Crippen LogP contribution in [0, 0.1) is 5.41 Å². The first-order chi connectivity index (χ1) is 5.06. The Labute approximate surface area is 68.6 Å². The third kappa shape index (κ3) is 9.27. The molecule has 0 radical (unpaired) electrons. The quantitative estimate of drug-likeness (QED) is 0.443. The van der Waals surface area contributed by atoms with Gasteiger partial charge in [-0.15, -0.1) is 0 Å². The normalized spacial score (nSPS) is 13.5. The van der Waals surface area contributed by atoms with Crippen molar-refractivity contribution >= 4 is 6.21 Å². The lowest BCUT2D eigenvalue weighted by Gasteiger charge is -2.13. The minimum Gasteiger partial charge on any atom is -0.272 e. The molecule has 0 rings (SSSR count). The Hall–Kier alpha value is -0.730. The lowest BCUT2D eigenvalue weighted by molar-refractivity contribution is 0.437. The molecule has 0 aromatic heterocycles. The van der Waals surface area contributed by atoms with Gasteiger partial charge in [-0.05, 0) is 11.8 Å². The molecule has 0 heterocycles. The van der Waals surface area contributed by atoms with Crippen LogP contribution in [0.15, 0.2) is 15.2 Å². The first-order valence-electron chi connectivity index (χ1n) is 3.80. The number of hydrogen-bond acceptors (Lipinski definition) is 3. The summed E-state index contributed by atoms with van der Waals surface area (Å²) >= 11 is 0. The van der Waals surface area contributed by atoms with Gasteiger partial charge in [0.05, 0.1) is 0 Å². The zero-order chi connectivity index (χ0) is 8.74. The Balaban J connectivity index is 3.45. The molecule has 0 saturated heterocycles. The molecule has 0 saturated carbocycles. The van der Waals surface area contributed by atoms with Crippen LogP contribution in [0.1, 0.15) is 27.2 Å². The minimum absolute atomic E-state index is 0.326. The van der Waals surface area contributed by atoms with E-state index in [0.717, 1.165) is 6.42 Å². The van der Waals surface area contributed by atoms with Crippen LogP contribution in [-0.4, -0.2) is 19.9 Å². The van der Waals surface area contributed by atoms with Crippen molar-refractivity contribution in [2.24, 2.45) is 20.6 Å². The maximum absolute atomic E-state index is 4.06. The van der Waals surface area contributed by atoms with Crippen LogP contribution in [0.2, 0.25) is 0 Å². The molecule has 0 bridgehead atoms. The van der Waals surface area contributed by atoms with Crippen molar-refractivity contribution in [1.29, 1.82) is 0 Å². The zero-order valence-corrected chi connectivity index (χ0v) is 7.83. The van der Waals surface area contributed by atoms with E-state index in [4.69, 9.17) is 0 Å². The fourth-order valence-corrected chi connectivity index (χ4v) is 0.496. The zero-order valence-electron chi connectivity index (χ0n) is 7.83. The molecule has 0 aliphatic heterocycles. The van der Waals surface area contributed by atoms with Gasteiger partial charge in [0.15, 0.2) is 0 Å². The summed E-state index contributed by atoms with van der Waals surface area (Å²) in [6.07, 6.45) is 2.90. The highest BCUT2D eigenvalue weighted by Crippen LogP contribution is 2.15. The van der Waals surface area contributed by atoms with Crippen molar-refractivity contribution in [1.82, 2.24) is 0 Å². The second-order valence-corrected chi connectivity index (χ2v) is 3.61. The number of hydrogen-bond donors (Lipinski definition) is 0. The Kier molecular flexibility index (Phi) is 4.66. The average Bonchev–Trinajstić information content (AvgIpc) is 1.85. The first-order valence-corrected chi connectivity index (χ1v) is 3.80. The lowest BCUT2D eigenvalue weighted by atomic mass is 9.93. The third-order valence-corrected chi connectivity index (χ3v) is 1.12. The second kappa shape index (κ2) is 4.99. The predicted molar refractivity (Wildman–Crippen MR) is 48.2 cm³/mol. The molecule has 0 atom stereocenters. The van der Waals surface area contributed by atoms with Crippen LogP contribution in [0.4, 0.5) is 0 Å². The van der Waals surface area contributed by atoms with Crippen molar-refractivity contribution in [2.75, 3.05) is 13.7 Å². The molecule has 0 aliphatic carbocycles. The highest BCUT2D eigenvalue weighted by Gasteiger charge is 2.06. The van der Waals surface area contributed by atoms with Gasteiger partial charge in [0.1, 0.15) is 6.67 Å². The SMILES string of the molecule is CN=NCN=CCC(C)(C)C. The van der Waals surface area contributed by atoms with Gasteiger partial charge in [0.25, 0.3) is 0 Å². The molecule has 0 N–H and O–H groups in total. The Morgan fingerprint density at radius 1 is 1.27 bits per heavy atom. The standard InChI is InChI=1S/C8H17N3/c1-8(2,3)5-6-10-7-11-9-4/h6H,5,7H2,1-4H3. The molecule has 0 aromatic rings. The monoisotopic (exact) mass is 155 g/mol. The van der Waals surface area contributed by atoms with E-state index in [0.29, 0.717) is 12.1 Å². The molecular weight excluding hydrogens is 138 g/mol. The molecule has 0 aromatic carbocycles. The molecule has 0 aliphatic rings. The van der Waals surface area contributed by atoms with Gasteiger partial charge < -0.3 is 0 Å². The fourth-order valence-electron chi connectivity index (χ4n) is 0.496. The van der Waals surface area contributed by atoms with Gasteiger partial charge in [-0.1, -0.05) is 20.8 Å². The summed E-state index contributed by atoms with van der Waals surface area (Å²) < 4.78 is 0. The van der Waals surface area contributed by atoms with Crippen LogP contribution in [0.3, 0.4) is 0 Å². The highest BCUT2D eigenvalue weighted by atomic mass is 15.1. The van der Waals surface area contributed by atoms with Gasteiger partial charge in [0, 0.05) is 13.3 Å². The molecule has 0 fully saturated rings. The Morgan fingerprint density at radius 2 is 1.91 bits per heavy atom. The van der Waals surface area contributed by atoms with Crippen LogP contribution < -0.4 is 0 Å². The van der Waals surface area contributed by atoms with Gasteiger partial charge in [-0.2, -0.15) is 10.2 Å². The highest BCUT2D eigenvalue weighted by molar-refractivity contribution is 5.57. The first kappa shape index (κ1) is 10.3. The van der Waals surface area contributed by atoms with E-state index in [1.54, 1.807) is 7.05 Å². The molecule has 64 valence electrons. The lowest BCUT2D eigenvalue weighted by Crippen LogP contribution is -2.04. The smallest absolute Gasteiger partial charge is 0.149 e. The van der Waals surface area contributed by atoms with Gasteiger partial charge >= 0.3 is 0 Å². The number of nitrogens with zero attached hydrogens (tertiary/aromatic N) is 3. The summed E-state index contributed by atoms with van der Waals surface area (Å²) in [4.78, 5) is 4.06. The van der Waals surface area contributed by atoms with Crippen molar-refractivity contribution in [2.45, 2.75) is 27.2 Å². The van der Waals surface area contributed by atoms with Crippen LogP contribution in [-0.2, 0) is 0 Å². The van der Waals surface area contributed by atoms with Gasteiger partial charge in [-0.25, -0.2) is 0 Å². The van der Waals surface area contributed by atoms with E-state index >= 15 is 0 Å². The molecule has 11 heavy (non-hydrogen) atoms. The number of azo groups is 1. The van der Waals surface area contributed by atoms with E-state index in [-0.39, 0.29) is 0 Å². The summed E-state index contributed by atoms with van der Waals surface area (Å²) in [5, 5.41) is 7.30. The maximum atomic E-state index is 4.06. The van der Waals surface area contributed by atoms with E-state index in [1.165, 1.54) is 0 Å². The van der Waals surface area contributed by atoms with Gasteiger partial charge in [-0.3, -0.25) is 4.99 Å². The van der Waals surface area contributed by atoms with E-state index in [1.807, 2.05) is 6.21 Å². The number of rotatable bonds is 3. The summed E-state index contributed by atoms with van der Waals surface area (Å²) in [5.74, 6) is 0. The predicted octanol–water partition coefficient (Wildman–Crippen LogP) is 2.53. The molecular formula is C8H17N3. The van der Waals surface area contributed by atoms with Crippen LogP contribution in [0.25, 0.3) is 0 Å². The third-order valence-electron chi connectivity index (χ3n) is 1.12. The molecule has 0 amide bonds.